The Bertz CT molecular complexity index is 747. The molecule has 10 nitrogen and oxygen atoms in total. The number of Topliss-reactive ketones (excluding diaryl/α,β-unsaturated/α-hetero) is 1. The molecule has 1 aromatic rings. The van der Waals surface area contributed by atoms with Crippen LogP contribution in [0.4, 0.5) is 0 Å². The van der Waals surface area contributed by atoms with Gasteiger partial charge in [-0.05, 0) is 23.3 Å². The molecule has 6 atom stereocenters. The molecule has 1 aromatic carbocycles. The van der Waals surface area contributed by atoms with Crippen molar-refractivity contribution >= 4 is 11.8 Å². The number of aliphatic carboxylic acids is 1. The molecule has 1 heterocycles. The highest BCUT2D eigenvalue weighted by atomic mass is 16.7. The maximum Gasteiger partial charge on any atom is 0.307 e. The average Bonchev–Trinajstić information content (AvgIpc) is 2.85. The fourth-order valence-corrected chi connectivity index (χ4v) is 3.35. The van der Waals surface area contributed by atoms with E-state index in [4.69, 9.17) is 14.6 Å². The Morgan fingerprint density at radius 3 is 2.56 bits per heavy atom. The van der Waals surface area contributed by atoms with Crippen molar-refractivity contribution in [3.8, 4) is 5.75 Å². The Morgan fingerprint density at radius 1 is 1.22 bits per heavy atom. The van der Waals surface area contributed by atoms with E-state index in [2.05, 4.69) is 0 Å². The van der Waals surface area contributed by atoms with Crippen LogP contribution in [-0.2, 0) is 26.3 Å². The molecule has 0 saturated carbocycles. The van der Waals surface area contributed by atoms with E-state index in [9.17, 15) is 35.1 Å². The Balaban J connectivity index is 1.86. The number of carbonyl (C=O) groups excluding carboxylic acids is 1. The second-order valence-corrected chi connectivity index (χ2v) is 6.66. The Kier molecular flexibility index (Phi) is 5.21. The summed E-state index contributed by atoms with van der Waals surface area (Å²) in [6.07, 6.45) is -8.32. The zero-order valence-corrected chi connectivity index (χ0v) is 14.1. The highest BCUT2D eigenvalue weighted by molar-refractivity contribution is 5.97. The minimum Gasteiger partial charge on any atom is -0.481 e. The minimum absolute atomic E-state index is 0.0385. The van der Waals surface area contributed by atoms with Gasteiger partial charge in [0.05, 0.1) is 13.0 Å². The van der Waals surface area contributed by atoms with E-state index in [-0.39, 0.29) is 17.7 Å². The van der Waals surface area contributed by atoms with Gasteiger partial charge in [0.1, 0.15) is 30.2 Å². The van der Waals surface area contributed by atoms with Crippen LogP contribution in [0.25, 0.3) is 0 Å². The molecule has 10 heteroatoms. The number of ketones is 1. The molecule has 6 unspecified atom stereocenters. The van der Waals surface area contributed by atoms with Gasteiger partial charge in [-0.25, -0.2) is 0 Å². The fraction of sp³-hybridized carbons (Fsp3) is 0.529. The van der Waals surface area contributed by atoms with Gasteiger partial charge >= 0.3 is 5.97 Å². The molecule has 27 heavy (non-hydrogen) atoms. The summed E-state index contributed by atoms with van der Waals surface area (Å²) in [5, 5.41) is 58.3. The van der Waals surface area contributed by atoms with Crippen LogP contribution in [0.5, 0.6) is 5.75 Å². The molecular weight excluding hydrogens is 364 g/mol. The molecule has 0 spiro atoms. The fourth-order valence-electron chi connectivity index (χ4n) is 3.35. The first-order valence-electron chi connectivity index (χ1n) is 8.25. The van der Waals surface area contributed by atoms with Gasteiger partial charge in [-0.2, -0.15) is 0 Å². The molecular formula is C17H20O10. The molecule has 0 bridgehead atoms. The number of ether oxygens (including phenoxy) is 2. The molecule has 3 rings (SSSR count). The average molecular weight is 384 g/mol. The summed E-state index contributed by atoms with van der Waals surface area (Å²) in [6.45, 7) is -0.623. The van der Waals surface area contributed by atoms with E-state index < -0.39 is 61.1 Å². The van der Waals surface area contributed by atoms with E-state index >= 15 is 0 Å². The van der Waals surface area contributed by atoms with Crippen molar-refractivity contribution in [1.29, 1.82) is 0 Å². The molecule has 1 aliphatic heterocycles. The molecule has 0 amide bonds. The van der Waals surface area contributed by atoms with E-state index in [1.54, 1.807) is 0 Å². The van der Waals surface area contributed by atoms with Crippen molar-refractivity contribution < 1.29 is 49.7 Å². The predicted molar refractivity (Wildman–Crippen MR) is 85.7 cm³/mol. The number of hydrogen-bond donors (Lipinski definition) is 6. The van der Waals surface area contributed by atoms with Crippen LogP contribution in [0.3, 0.4) is 0 Å². The molecule has 2 aliphatic rings. The third-order valence-electron chi connectivity index (χ3n) is 4.85. The second kappa shape index (κ2) is 7.15. The van der Waals surface area contributed by atoms with Gasteiger partial charge in [-0.3, -0.25) is 9.59 Å². The van der Waals surface area contributed by atoms with Crippen molar-refractivity contribution in [3.63, 3.8) is 0 Å². The first-order valence-corrected chi connectivity index (χ1v) is 8.25. The summed E-state index contributed by atoms with van der Waals surface area (Å²) in [7, 11) is 0. The number of benzene rings is 1. The zero-order chi connectivity index (χ0) is 19.9. The molecule has 1 aliphatic carbocycles. The minimum atomic E-state index is -2.18. The number of fused-ring (bicyclic) bond motifs is 1. The van der Waals surface area contributed by atoms with Gasteiger partial charge in [0, 0.05) is 6.42 Å². The molecule has 0 aromatic heterocycles. The monoisotopic (exact) mass is 384 g/mol. The predicted octanol–water partition coefficient (Wildman–Crippen LogP) is -2.35. The number of hydrogen-bond acceptors (Lipinski definition) is 9. The van der Waals surface area contributed by atoms with Gasteiger partial charge in [-0.15, -0.1) is 0 Å². The maximum absolute atomic E-state index is 12.1. The number of aliphatic hydroxyl groups is 5. The van der Waals surface area contributed by atoms with Gasteiger partial charge in [0.15, 0.2) is 11.4 Å². The van der Waals surface area contributed by atoms with E-state index in [1.807, 2.05) is 0 Å². The third-order valence-corrected chi connectivity index (χ3v) is 4.85. The van der Waals surface area contributed by atoms with Crippen LogP contribution in [0.15, 0.2) is 18.2 Å². The van der Waals surface area contributed by atoms with Gasteiger partial charge < -0.3 is 40.1 Å². The number of aliphatic hydroxyl groups excluding tert-OH is 4. The van der Waals surface area contributed by atoms with Crippen LogP contribution in [0.1, 0.15) is 17.5 Å². The highest BCUT2D eigenvalue weighted by Gasteiger charge is 2.47. The Morgan fingerprint density at radius 2 is 1.93 bits per heavy atom. The Labute approximate surface area is 153 Å². The Hall–Kier alpha value is -2.08. The molecule has 148 valence electrons. The van der Waals surface area contributed by atoms with E-state index in [0.717, 1.165) is 0 Å². The summed E-state index contributed by atoms with van der Waals surface area (Å²) >= 11 is 0. The summed E-state index contributed by atoms with van der Waals surface area (Å²) in [5.74, 6) is -1.96. The lowest BCUT2D eigenvalue weighted by Gasteiger charge is -2.39. The van der Waals surface area contributed by atoms with Gasteiger partial charge in [0.2, 0.25) is 6.29 Å². The van der Waals surface area contributed by atoms with Crippen LogP contribution in [0.2, 0.25) is 0 Å². The number of rotatable bonds is 5. The lowest BCUT2D eigenvalue weighted by Crippen LogP contribution is -2.60. The second-order valence-electron chi connectivity index (χ2n) is 6.66. The number of carboxylic acid groups (broad SMARTS) is 1. The lowest BCUT2D eigenvalue weighted by atomic mass is 9.91. The van der Waals surface area contributed by atoms with Crippen LogP contribution < -0.4 is 4.74 Å². The zero-order valence-electron chi connectivity index (χ0n) is 14.1. The number of carboxylic acids is 1. The lowest BCUT2D eigenvalue weighted by molar-refractivity contribution is -0.277. The summed E-state index contributed by atoms with van der Waals surface area (Å²) in [6, 6.07) is 4.18. The quantitative estimate of drug-likeness (QED) is 0.323. The molecule has 1 saturated heterocycles. The SMILES string of the molecule is O=C(O)CC1(O)C(=O)Cc2ccc(OC3OC(CO)C(O)C(O)C3O)cc21. The number of carbonyl (C=O) groups is 2. The molecule has 1 fully saturated rings. The summed E-state index contributed by atoms with van der Waals surface area (Å²) < 4.78 is 10.7. The third kappa shape index (κ3) is 3.43. The first-order chi connectivity index (χ1) is 12.7. The van der Waals surface area contributed by atoms with E-state index in [0.29, 0.717) is 5.56 Å². The van der Waals surface area contributed by atoms with Crippen molar-refractivity contribution in [2.75, 3.05) is 6.61 Å². The van der Waals surface area contributed by atoms with Crippen molar-refractivity contribution in [3.05, 3.63) is 29.3 Å². The maximum atomic E-state index is 12.1. The smallest absolute Gasteiger partial charge is 0.307 e. The molecule has 0 radical (unpaired) electrons. The summed E-state index contributed by atoms with van der Waals surface area (Å²) in [4.78, 5) is 23.1. The largest absolute Gasteiger partial charge is 0.481 e. The van der Waals surface area contributed by atoms with Crippen molar-refractivity contribution in [1.82, 2.24) is 0 Å². The van der Waals surface area contributed by atoms with Crippen LogP contribution in [0, 0.1) is 0 Å². The van der Waals surface area contributed by atoms with Crippen LogP contribution in [-0.4, -0.2) is 79.7 Å². The van der Waals surface area contributed by atoms with Gasteiger partial charge in [0.25, 0.3) is 0 Å². The van der Waals surface area contributed by atoms with Crippen molar-refractivity contribution in [2.45, 2.75) is 49.1 Å². The van der Waals surface area contributed by atoms with E-state index in [1.165, 1.54) is 18.2 Å². The standard InChI is InChI=1S/C17H20O10/c18-6-10-13(22)14(23)15(24)16(27-10)26-8-2-1-7-3-11(19)17(25,5-12(20)21)9(7)4-8/h1-2,4,10,13-16,18,22-25H,3,5-6H2,(H,20,21). The van der Waals surface area contributed by atoms with Gasteiger partial charge in [-0.1, -0.05) is 6.07 Å². The summed E-state index contributed by atoms with van der Waals surface area (Å²) in [5.41, 5.74) is -1.66. The topological polar surface area (TPSA) is 174 Å². The highest BCUT2D eigenvalue weighted by Crippen LogP contribution is 2.39. The normalized spacial score (nSPS) is 35.7. The van der Waals surface area contributed by atoms with Crippen LogP contribution >= 0.6 is 0 Å². The molecule has 6 N–H and O–H groups in total. The van der Waals surface area contributed by atoms with Crippen molar-refractivity contribution in [2.24, 2.45) is 0 Å². The first kappa shape index (κ1) is 19.7.